The molecule has 152 valence electrons. The molecule has 0 atom stereocenters. The molecule has 0 radical (unpaired) electrons. The fraction of sp³-hybridized carbons (Fsp3) is 0.360. The van der Waals surface area contributed by atoms with Gasteiger partial charge < -0.3 is 4.74 Å². The molecule has 4 nitrogen and oxygen atoms in total. The minimum absolute atomic E-state index is 0.0972. The third kappa shape index (κ3) is 5.35. The second-order valence-electron chi connectivity index (χ2n) is 7.48. The number of ether oxygens (including phenoxy) is 1. The number of unbranched alkanes of at least 4 members (excludes halogenated alkanes) is 3. The van der Waals surface area contributed by atoms with Crippen LogP contribution >= 0.6 is 0 Å². The molecule has 0 bridgehead atoms. The summed E-state index contributed by atoms with van der Waals surface area (Å²) in [6.07, 6.45) is 5.82. The zero-order chi connectivity index (χ0) is 20.6. The number of carbonyl (C=O) groups excluding carboxylic acids is 1. The summed E-state index contributed by atoms with van der Waals surface area (Å²) in [6, 6.07) is 17.3. The summed E-state index contributed by atoms with van der Waals surface area (Å²) in [7, 11) is 0. The van der Waals surface area contributed by atoms with Gasteiger partial charge in [0.1, 0.15) is 12.4 Å². The highest BCUT2D eigenvalue weighted by molar-refractivity contribution is 5.96. The van der Waals surface area contributed by atoms with Crippen LogP contribution in [-0.4, -0.2) is 15.7 Å². The van der Waals surface area contributed by atoms with Crippen molar-refractivity contribution in [3.63, 3.8) is 0 Å². The number of aromatic nitrogens is 2. The summed E-state index contributed by atoms with van der Waals surface area (Å²) < 4.78 is 7.36. The number of aryl methyl sites for hydroxylation is 1. The van der Waals surface area contributed by atoms with Gasteiger partial charge in [-0.3, -0.25) is 4.79 Å². The highest BCUT2D eigenvalue weighted by Crippen LogP contribution is 2.20. The van der Waals surface area contributed by atoms with Crippen molar-refractivity contribution < 1.29 is 9.53 Å². The maximum absolute atomic E-state index is 13.0. The largest absolute Gasteiger partial charge is 0.489 e. The van der Waals surface area contributed by atoms with Gasteiger partial charge in [-0.1, -0.05) is 56.5 Å². The number of hydrogen-bond acceptors (Lipinski definition) is 3. The van der Waals surface area contributed by atoms with Crippen LogP contribution in [0.25, 0.3) is 0 Å². The van der Waals surface area contributed by atoms with Gasteiger partial charge in [-0.25, -0.2) is 4.68 Å². The van der Waals surface area contributed by atoms with Gasteiger partial charge in [0.15, 0.2) is 0 Å². The third-order valence-corrected chi connectivity index (χ3v) is 5.26. The van der Waals surface area contributed by atoms with Gasteiger partial charge >= 0.3 is 0 Å². The SMILES string of the molecule is CCCCCCc1c(C)nn(C(=O)c2ccc(OCc3ccccc3)cc2)c1C. The summed E-state index contributed by atoms with van der Waals surface area (Å²) in [5.41, 5.74) is 4.84. The van der Waals surface area contributed by atoms with Crippen LogP contribution < -0.4 is 4.74 Å². The van der Waals surface area contributed by atoms with E-state index in [2.05, 4.69) is 12.0 Å². The van der Waals surface area contributed by atoms with E-state index < -0.39 is 0 Å². The van der Waals surface area contributed by atoms with Crippen LogP contribution in [0.2, 0.25) is 0 Å². The number of rotatable bonds is 9. The summed E-state index contributed by atoms with van der Waals surface area (Å²) >= 11 is 0. The Bertz CT molecular complexity index is 927. The van der Waals surface area contributed by atoms with Crippen molar-refractivity contribution in [2.45, 2.75) is 59.5 Å². The lowest BCUT2D eigenvalue weighted by molar-refractivity contribution is 0.0942. The average Bonchev–Trinajstić information content (AvgIpc) is 3.04. The number of hydrogen-bond donors (Lipinski definition) is 0. The molecule has 0 saturated heterocycles. The molecule has 0 saturated carbocycles. The van der Waals surface area contributed by atoms with E-state index in [9.17, 15) is 4.79 Å². The van der Waals surface area contributed by atoms with Gasteiger partial charge in [-0.15, -0.1) is 0 Å². The average molecular weight is 391 g/mol. The van der Waals surface area contributed by atoms with Crippen LogP contribution in [0.4, 0.5) is 0 Å². The quantitative estimate of drug-likeness (QED) is 0.428. The monoisotopic (exact) mass is 390 g/mol. The molecule has 3 aromatic rings. The standard InChI is InChI=1S/C25H30N2O2/c1-4-5-6-10-13-24-19(2)26-27(20(24)3)25(28)22-14-16-23(17-15-22)29-18-21-11-8-7-9-12-21/h7-9,11-12,14-17H,4-6,10,13,18H2,1-3H3. The summed E-state index contributed by atoms with van der Waals surface area (Å²) in [4.78, 5) is 13.0. The molecule has 0 aliphatic heterocycles. The molecule has 3 rings (SSSR count). The molecule has 0 aliphatic carbocycles. The Kier molecular flexibility index (Phi) is 7.23. The molecule has 2 aromatic carbocycles. The van der Waals surface area contributed by atoms with E-state index in [1.807, 2.05) is 56.3 Å². The first kappa shape index (κ1) is 20.8. The molecule has 1 heterocycles. The van der Waals surface area contributed by atoms with E-state index in [4.69, 9.17) is 4.74 Å². The molecule has 0 unspecified atom stereocenters. The van der Waals surface area contributed by atoms with E-state index in [0.29, 0.717) is 12.2 Å². The van der Waals surface area contributed by atoms with Crippen LogP contribution in [0.1, 0.15) is 65.5 Å². The number of carbonyl (C=O) groups is 1. The van der Waals surface area contributed by atoms with E-state index in [1.165, 1.54) is 24.8 Å². The molecule has 4 heteroatoms. The van der Waals surface area contributed by atoms with Crippen molar-refractivity contribution >= 4 is 5.91 Å². The molecule has 0 fully saturated rings. The van der Waals surface area contributed by atoms with E-state index >= 15 is 0 Å². The van der Waals surface area contributed by atoms with Gasteiger partial charge in [0.25, 0.3) is 5.91 Å². The number of benzene rings is 2. The maximum atomic E-state index is 13.0. The molecule has 0 spiro atoms. The van der Waals surface area contributed by atoms with Crippen molar-refractivity contribution in [1.29, 1.82) is 0 Å². The first-order valence-corrected chi connectivity index (χ1v) is 10.5. The normalized spacial score (nSPS) is 10.9. The zero-order valence-corrected chi connectivity index (χ0v) is 17.6. The van der Waals surface area contributed by atoms with Crippen LogP contribution in [0.5, 0.6) is 5.75 Å². The lowest BCUT2D eigenvalue weighted by atomic mass is 10.0. The summed E-state index contributed by atoms with van der Waals surface area (Å²) in [6.45, 7) is 6.70. The molecule has 1 aromatic heterocycles. The Balaban J connectivity index is 1.65. The Labute approximate surface area is 173 Å². The predicted octanol–water partition coefficient (Wildman–Crippen LogP) is 5.89. The molecular weight excluding hydrogens is 360 g/mol. The predicted molar refractivity (Wildman–Crippen MR) is 116 cm³/mol. The Hall–Kier alpha value is -2.88. The van der Waals surface area contributed by atoms with Crippen LogP contribution in [-0.2, 0) is 13.0 Å². The van der Waals surface area contributed by atoms with E-state index in [0.717, 1.165) is 35.5 Å². The van der Waals surface area contributed by atoms with Gasteiger partial charge in [0, 0.05) is 11.3 Å². The molecule has 0 amide bonds. The van der Waals surface area contributed by atoms with Crippen LogP contribution in [0, 0.1) is 13.8 Å². The van der Waals surface area contributed by atoms with E-state index in [1.54, 1.807) is 16.8 Å². The van der Waals surface area contributed by atoms with Gasteiger partial charge in [0.2, 0.25) is 0 Å². The lowest BCUT2D eigenvalue weighted by Gasteiger charge is -2.08. The minimum Gasteiger partial charge on any atom is -0.489 e. The molecular formula is C25H30N2O2. The summed E-state index contributed by atoms with van der Waals surface area (Å²) in [5.74, 6) is 0.649. The molecule has 29 heavy (non-hydrogen) atoms. The minimum atomic E-state index is -0.0972. The lowest BCUT2D eigenvalue weighted by Crippen LogP contribution is -2.15. The Morgan fingerprint density at radius 2 is 1.69 bits per heavy atom. The smallest absolute Gasteiger partial charge is 0.278 e. The van der Waals surface area contributed by atoms with Crippen molar-refractivity contribution in [3.8, 4) is 5.75 Å². The first-order chi connectivity index (χ1) is 14.1. The molecule has 0 aliphatic rings. The molecule has 0 N–H and O–H groups in total. The topological polar surface area (TPSA) is 44.1 Å². The highest BCUT2D eigenvalue weighted by atomic mass is 16.5. The Morgan fingerprint density at radius 3 is 2.38 bits per heavy atom. The van der Waals surface area contributed by atoms with Crippen molar-refractivity contribution in [2.24, 2.45) is 0 Å². The summed E-state index contributed by atoms with van der Waals surface area (Å²) in [5, 5.41) is 4.52. The maximum Gasteiger partial charge on any atom is 0.278 e. The van der Waals surface area contributed by atoms with Crippen molar-refractivity contribution in [2.75, 3.05) is 0 Å². The first-order valence-electron chi connectivity index (χ1n) is 10.5. The van der Waals surface area contributed by atoms with Crippen LogP contribution in [0.15, 0.2) is 54.6 Å². The van der Waals surface area contributed by atoms with Gasteiger partial charge in [-0.2, -0.15) is 5.10 Å². The Morgan fingerprint density at radius 1 is 0.966 bits per heavy atom. The van der Waals surface area contributed by atoms with Crippen molar-refractivity contribution in [3.05, 3.63) is 82.7 Å². The van der Waals surface area contributed by atoms with Gasteiger partial charge in [-0.05, 0) is 62.1 Å². The van der Waals surface area contributed by atoms with Crippen LogP contribution in [0.3, 0.4) is 0 Å². The zero-order valence-electron chi connectivity index (χ0n) is 17.6. The van der Waals surface area contributed by atoms with Gasteiger partial charge in [0.05, 0.1) is 5.69 Å². The van der Waals surface area contributed by atoms with E-state index in [-0.39, 0.29) is 5.91 Å². The second kappa shape index (κ2) is 10.1. The highest BCUT2D eigenvalue weighted by Gasteiger charge is 2.17. The van der Waals surface area contributed by atoms with Crippen molar-refractivity contribution in [1.82, 2.24) is 9.78 Å². The number of nitrogens with zero attached hydrogens (tertiary/aromatic N) is 2. The third-order valence-electron chi connectivity index (χ3n) is 5.26. The second-order valence-corrected chi connectivity index (χ2v) is 7.48. The fourth-order valence-electron chi connectivity index (χ4n) is 3.52. The fourth-order valence-corrected chi connectivity index (χ4v) is 3.52.